The quantitative estimate of drug-likeness (QED) is 0.243. The van der Waals surface area contributed by atoms with E-state index in [1.807, 2.05) is 61.5 Å². The van der Waals surface area contributed by atoms with E-state index in [1.54, 1.807) is 10.6 Å². The fourth-order valence-electron chi connectivity index (χ4n) is 4.18. The van der Waals surface area contributed by atoms with Crippen LogP contribution in [0.15, 0.2) is 70.6 Å². The van der Waals surface area contributed by atoms with E-state index >= 15 is 0 Å². The Morgan fingerprint density at radius 3 is 2.52 bits per heavy atom. The van der Waals surface area contributed by atoms with E-state index in [1.165, 1.54) is 24.6 Å². The maximum absolute atomic E-state index is 13.3. The maximum atomic E-state index is 13.3. The molecule has 0 amide bonds. The number of hydrogen-bond donors (Lipinski definition) is 0. The average Bonchev–Trinajstić information content (AvgIpc) is 3.57. The number of thioether (sulfide) groups is 1. The van der Waals surface area contributed by atoms with Gasteiger partial charge in [0.1, 0.15) is 0 Å². The molecule has 0 atom stereocenters. The summed E-state index contributed by atoms with van der Waals surface area (Å²) >= 11 is 1.31. The lowest BCUT2D eigenvalue weighted by atomic mass is 10.2. The lowest BCUT2D eigenvalue weighted by molar-refractivity contribution is 0.102. The highest BCUT2D eigenvalue weighted by Gasteiger charge is 2.28. The predicted octanol–water partition coefficient (Wildman–Crippen LogP) is 5.11. The van der Waals surface area contributed by atoms with E-state index < -0.39 is 0 Å². The number of rotatable bonds is 6. The zero-order valence-corrected chi connectivity index (χ0v) is 18.4. The highest BCUT2D eigenvalue weighted by Crippen LogP contribution is 2.38. The maximum Gasteiger partial charge on any atom is 0.266 e. The summed E-state index contributed by atoms with van der Waals surface area (Å²) in [6.45, 7) is 4.09. The van der Waals surface area contributed by atoms with E-state index in [4.69, 9.17) is 4.98 Å². The molecule has 1 saturated carbocycles. The molecule has 2 heterocycles. The Balaban J connectivity index is 1.51. The van der Waals surface area contributed by atoms with Crippen LogP contribution in [0.5, 0.6) is 0 Å². The second kappa shape index (κ2) is 7.85. The second-order valence-corrected chi connectivity index (χ2v) is 8.93. The molecule has 1 fully saturated rings. The molecule has 5 rings (SSSR count). The molecule has 0 radical (unpaired) electrons. The largest absolute Gasteiger partial charge is 0.345 e. The number of hydrogen-bond acceptors (Lipinski definition) is 4. The van der Waals surface area contributed by atoms with Gasteiger partial charge in [0.25, 0.3) is 5.56 Å². The Hall–Kier alpha value is -3.12. The van der Waals surface area contributed by atoms with Crippen LogP contribution in [0, 0.1) is 13.8 Å². The van der Waals surface area contributed by atoms with Crippen LogP contribution in [-0.2, 0) is 0 Å². The third kappa shape index (κ3) is 3.61. The van der Waals surface area contributed by atoms with Crippen LogP contribution >= 0.6 is 11.8 Å². The predicted molar refractivity (Wildman–Crippen MR) is 125 cm³/mol. The molecule has 0 aliphatic heterocycles. The molecule has 6 heteroatoms. The Morgan fingerprint density at radius 2 is 1.77 bits per heavy atom. The molecule has 2 aromatic heterocycles. The Morgan fingerprint density at radius 1 is 1.06 bits per heavy atom. The van der Waals surface area contributed by atoms with Gasteiger partial charge >= 0.3 is 0 Å². The summed E-state index contributed by atoms with van der Waals surface area (Å²) in [7, 11) is 0. The van der Waals surface area contributed by atoms with Crippen LogP contribution in [0.3, 0.4) is 0 Å². The monoisotopic (exact) mass is 429 g/mol. The summed E-state index contributed by atoms with van der Waals surface area (Å²) < 4.78 is 3.89. The lowest BCUT2D eigenvalue weighted by Gasteiger charge is -2.13. The number of carbonyl (C=O) groups is 1. The van der Waals surface area contributed by atoms with Gasteiger partial charge in [0.15, 0.2) is 10.9 Å². The molecule has 0 spiro atoms. The minimum atomic E-state index is -0.126. The van der Waals surface area contributed by atoms with E-state index in [0.717, 1.165) is 22.6 Å². The number of fused-ring (bicyclic) bond motifs is 1. The van der Waals surface area contributed by atoms with E-state index in [9.17, 15) is 9.59 Å². The van der Waals surface area contributed by atoms with E-state index in [2.05, 4.69) is 11.5 Å². The summed E-state index contributed by atoms with van der Waals surface area (Å²) in [5.41, 5.74) is 4.20. The molecule has 5 nitrogen and oxygen atoms in total. The van der Waals surface area contributed by atoms with Crippen molar-refractivity contribution >= 4 is 28.4 Å². The number of aryl methyl sites for hydroxylation is 1. The van der Waals surface area contributed by atoms with Crippen molar-refractivity contribution in [3.63, 3.8) is 0 Å². The van der Waals surface area contributed by atoms with Crippen LogP contribution in [0.2, 0.25) is 0 Å². The molecule has 0 saturated heterocycles. The normalized spacial score (nSPS) is 13.6. The number of aromatic nitrogens is 3. The summed E-state index contributed by atoms with van der Waals surface area (Å²) in [5.74, 6) is 0.291. The standard InChI is InChI=1S/C25H23N3O2S/c1-16-14-21(17(2)27(16)19-12-13-19)23(29)15-31-25-26-22-11-7-6-10-20(22)24(30)28(25)18-8-4-3-5-9-18/h3-11,14,19H,12-13,15H2,1-2H3. The molecule has 1 aliphatic carbocycles. The first kappa shape index (κ1) is 19.8. The number of carbonyl (C=O) groups excluding carboxylic acids is 1. The molecule has 4 aromatic rings. The van der Waals surface area contributed by atoms with Crippen LogP contribution < -0.4 is 5.56 Å². The van der Waals surface area contributed by atoms with Crippen molar-refractivity contribution < 1.29 is 4.79 Å². The van der Waals surface area contributed by atoms with Crippen LogP contribution in [0.25, 0.3) is 16.6 Å². The Bertz CT molecular complexity index is 1350. The van der Waals surface area contributed by atoms with Gasteiger partial charge in [0.2, 0.25) is 0 Å². The van der Waals surface area contributed by atoms with Crippen molar-refractivity contribution in [2.24, 2.45) is 0 Å². The second-order valence-electron chi connectivity index (χ2n) is 7.99. The Labute approximate surface area is 184 Å². The van der Waals surface area contributed by atoms with Crippen LogP contribution in [0.4, 0.5) is 0 Å². The number of benzene rings is 2. The summed E-state index contributed by atoms with van der Waals surface area (Å²) in [4.78, 5) is 31.1. The summed E-state index contributed by atoms with van der Waals surface area (Å²) in [6, 6.07) is 19.3. The molecule has 0 unspecified atom stereocenters. The summed E-state index contributed by atoms with van der Waals surface area (Å²) in [5, 5.41) is 1.09. The number of ketones is 1. The van der Waals surface area contributed by atoms with Gasteiger partial charge in [0, 0.05) is 23.0 Å². The van der Waals surface area contributed by atoms with E-state index in [-0.39, 0.29) is 17.1 Å². The zero-order valence-electron chi connectivity index (χ0n) is 17.5. The van der Waals surface area contributed by atoms with Gasteiger partial charge < -0.3 is 4.57 Å². The lowest BCUT2D eigenvalue weighted by Crippen LogP contribution is -2.22. The molecule has 0 N–H and O–H groups in total. The fourth-order valence-corrected chi connectivity index (χ4v) is 5.07. The fraction of sp³-hybridized carbons (Fsp3) is 0.240. The van der Waals surface area contributed by atoms with Crippen LogP contribution in [0.1, 0.15) is 40.6 Å². The van der Waals surface area contributed by atoms with Gasteiger partial charge in [-0.3, -0.25) is 14.2 Å². The number of Topliss-reactive ketones (excluding diaryl/α,β-unsaturated/α-hetero) is 1. The average molecular weight is 430 g/mol. The van der Waals surface area contributed by atoms with Crippen molar-refractivity contribution in [3.8, 4) is 5.69 Å². The van der Waals surface area contributed by atoms with Gasteiger partial charge in [-0.15, -0.1) is 0 Å². The molecule has 31 heavy (non-hydrogen) atoms. The highest BCUT2D eigenvalue weighted by molar-refractivity contribution is 7.99. The van der Waals surface area contributed by atoms with Crippen molar-refractivity contribution in [3.05, 3.63) is 88.0 Å². The minimum absolute atomic E-state index is 0.0621. The third-order valence-electron chi connectivity index (χ3n) is 5.79. The van der Waals surface area contributed by atoms with Crippen molar-refractivity contribution in [1.82, 2.24) is 14.1 Å². The van der Waals surface area contributed by atoms with Crippen molar-refractivity contribution in [1.29, 1.82) is 0 Å². The van der Waals surface area contributed by atoms with Gasteiger partial charge in [-0.1, -0.05) is 42.1 Å². The minimum Gasteiger partial charge on any atom is -0.345 e. The van der Waals surface area contributed by atoms with Crippen LogP contribution in [-0.4, -0.2) is 25.7 Å². The SMILES string of the molecule is Cc1cc(C(=O)CSc2nc3ccccc3c(=O)n2-c2ccccc2)c(C)n1C1CC1. The smallest absolute Gasteiger partial charge is 0.266 e. The molecular weight excluding hydrogens is 406 g/mol. The number of para-hydroxylation sites is 2. The Kier molecular flexibility index (Phi) is 5.02. The van der Waals surface area contributed by atoms with Gasteiger partial charge in [0.05, 0.1) is 22.3 Å². The molecule has 0 bridgehead atoms. The molecule has 2 aromatic carbocycles. The van der Waals surface area contributed by atoms with Gasteiger partial charge in [-0.25, -0.2) is 4.98 Å². The first-order valence-electron chi connectivity index (χ1n) is 10.5. The highest BCUT2D eigenvalue weighted by atomic mass is 32.2. The molecule has 156 valence electrons. The first-order valence-corrected chi connectivity index (χ1v) is 11.4. The van der Waals surface area contributed by atoms with Gasteiger partial charge in [-0.05, 0) is 57.0 Å². The molecular formula is C25H23N3O2S. The number of nitrogens with zero attached hydrogens (tertiary/aromatic N) is 3. The van der Waals surface area contributed by atoms with Crippen molar-refractivity contribution in [2.45, 2.75) is 37.9 Å². The summed E-state index contributed by atoms with van der Waals surface area (Å²) in [6.07, 6.45) is 2.37. The topological polar surface area (TPSA) is 56.9 Å². The van der Waals surface area contributed by atoms with Gasteiger partial charge in [-0.2, -0.15) is 0 Å². The first-order chi connectivity index (χ1) is 15.0. The molecule has 1 aliphatic rings. The van der Waals surface area contributed by atoms with Crippen molar-refractivity contribution in [2.75, 3.05) is 5.75 Å². The zero-order chi connectivity index (χ0) is 21.5. The van der Waals surface area contributed by atoms with E-state index in [0.29, 0.717) is 22.1 Å². The third-order valence-corrected chi connectivity index (χ3v) is 6.73.